The number of amidine groups is 1. The van der Waals surface area contributed by atoms with Gasteiger partial charge in [-0.3, -0.25) is 14.7 Å². The molecule has 42 heavy (non-hydrogen) atoms. The minimum Gasteiger partial charge on any atom is -0.490 e. The SMILES string of the molecule is CCOc1cc(C=C2SC(=NC3CCCCC3)N(C3CCCCC3)C2=O)cc(I)c1OCc1cccc2ccccc12. The van der Waals surface area contributed by atoms with Crippen LogP contribution in [0.25, 0.3) is 16.8 Å². The maximum Gasteiger partial charge on any atom is 0.266 e. The Bertz CT molecular complexity index is 1490. The number of thioether (sulfide) groups is 1. The summed E-state index contributed by atoms with van der Waals surface area (Å²) in [4.78, 5) is 21.9. The average molecular weight is 695 g/mol. The summed E-state index contributed by atoms with van der Waals surface area (Å²) < 4.78 is 13.4. The predicted molar refractivity (Wildman–Crippen MR) is 182 cm³/mol. The first-order chi connectivity index (χ1) is 20.6. The van der Waals surface area contributed by atoms with E-state index in [1.807, 2.05) is 24.0 Å². The zero-order chi connectivity index (χ0) is 28.9. The van der Waals surface area contributed by atoms with Crippen LogP contribution in [0.1, 0.15) is 82.3 Å². The summed E-state index contributed by atoms with van der Waals surface area (Å²) in [5.74, 6) is 1.54. The van der Waals surface area contributed by atoms with E-state index in [0.29, 0.717) is 25.0 Å². The van der Waals surface area contributed by atoms with E-state index < -0.39 is 0 Å². The van der Waals surface area contributed by atoms with Crippen molar-refractivity contribution in [3.8, 4) is 11.5 Å². The van der Waals surface area contributed by atoms with Crippen molar-refractivity contribution in [1.29, 1.82) is 0 Å². The van der Waals surface area contributed by atoms with Crippen LogP contribution in [-0.4, -0.2) is 34.7 Å². The summed E-state index contributed by atoms with van der Waals surface area (Å²) in [6, 6.07) is 19.4. The zero-order valence-electron chi connectivity index (χ0n) is 24.3. The molecule has 3 fully saturated rings. The molecule has 6 rings (SSSR count). The summed E-state index contributed by atoms with van der Waals surface area (Å²) in [6.07, 6.45) is 13.8. The van der Waals surface area contributed by atoms with Crippen LogP contribution in [0.2, 0.25) is 0 Å². The highest BCUT2D eigenvalue weighted by molar-refractivity contribution is 14.1. The van der Waals surface area contributed by atoms with Gasteiger partial charge >= 0.3 is 0 Å². The number of halogens is 1. The second-order valence-electron chi connectivity index (χ2n) is 11.5. The van der Waals surface area contributed by atoms with E-state index in [1.54, 1.807) is 11.8 Å². The number of rotatable bonds is 8. The molecule has 5 nitrogen and oxygen atoms in total. The molecule has 3 aromatic rings. The number of amides is 1. The summed E-state index contributed by atoms with van der Waals surface area (Å²) in [6.45, 7) is 2.96. The van der Waals surface area contributed by atoms with Gasteiger partial charge in [-0.1, -0.05) is 81.0 Å². The van der Waals surface area contributed by atoms with Gasteiger partial charge in [-0.25, -0.2) is 0 Å². The molecule has 1 saturated heterocycles. The number of aliphatic imine (C=N–C) groups is 1. The largest absolute Gasteiger partial charge is 0.490 e. The van der Waals surface area contributed by atoms with Crippen molar-refractivity contribution in [1.82, 2.24) is 4.90 Å². The molecule has 0 spiro atoms. The quantitative estimate of drug-likeness (QED) is 0.174. The normalized spacial score (nSPS) is 20.6. The Morgan fingerprint density at radius 3 is 2.48 bits per heavy atom. The predicted octanol–water partition coefficient (Wildman–Crippen LogP) is 9.36. The van der Waals surface area contributed by atoms with Crippen LogP contribution in [0, 0.1) is 3.57 Å². The van der Waals surface area contributed by atoms with Crippen molar-refractivity contribution in [2.75, 3.05) is 6.61 Å². The van der Waals surface area contributed by atoms with Crippen LogP contribution >= 0.6 is 34.4 Å². The van der Waals surface area contributed by atoms with Gasteiger partial charge in [0.15, 0.2) is 16.7 Å². The molecule has 0 aromatic heterocycles. The van der Waals surface area contributed by atoms with Gasteiger partial charge in [0.25, 0.3) is 5.91 Å². The zero-order valence-corrected chi connectivity index (χ0v) is 27.3. The van der Waals surface area contributed by atoms with E-state index >= 15 is 0 Å². The molecule has 0 bridgehead atoms. The molecule has 1 heterocycles. The monoisotopic (exact) mass is 694 g/mol. The van der Waals surface area contributed by atoms with Gasteiger partial charge in [-0.2, -0.15) is 0 Å². The van der Waals surface area contributed by atoms with Gasteiger partial charge in [-0.15, -0.1) is 0 Å². The minimum absolute atomic E-state index is 0.103. The molecular weight excluding hydrogens is 655 g/mol. The topological polar surface area (TPSA) is 51.1 Å². The van der Waals surface area contributed by atoms with E-state index in [1.165, 1.54) is 49.3 Å². The molecular formula is C35H39IN2O3S. The lowest BCUT2D eigenvalue weighted by Gasteiger charge is -2.31. The molecule has 3 aliphatic rings. The van der Waals surface area contributed by atoms with Gasteiger partial charge in [0.1, 0.15) is 6.61 Å². The average Bonchev–Trinajstić information content (AvgIpc) is 3.31. The maximum absolute atomic E-state index is 13.9. The molecule has 1 amide bonds. The molecule has 0 atom stereocenters. The molecule has 1 aliphatic heterocycles. The fourth-order valence-electron chi connectivity index (χ4n) is 6.40. The first-order valence-electron chi connectivity index (χ1n) is 15.5. The Labute approximate surface area is 267 Å². The van der Waals surface area contributed by atoms with Crippen molar-refractivity contribution < 1.29 is 14.3 Å². The van der Waals surface area contributed by atoms with Crippen LogP contribution in [0.3, 0.4) is 0 Å². The summed E-state index contributed by atoms with van der Waals surface area (Å²) in [7, 11) is 0. The molecule has 2 aliphatic carbocycles. The van der Waals surface area contributed by atoms with Crippen LogP contribution in [0.4, 0.5) is 0 Å². The molecule has 0 unspecified atom stereocenters. The third-order valence-corrected chi connectivity index (χ3v) is 10.3. The summed E-state index contributed by atoms with van der Waals surface area (Å²) in [5.41, 5.74) is 2.08. The van der Waals surface area contributed by atoms with E-state index in [-0.39, 0.29) is 11.9 Å². The molecule has 3 aromatic carbocycles. The maximum atomic E-state index is 13.9. The molecule has 220 valence electrons. The van der Waals surface area contributed by atoms with Gasteiger partial charge in [0, 0.05) is 6.04 Å². The fraction of sp³-hybridized carbons (Fsp3) is 0.429. The Morgan fingerprint density at radius 1 is 0.952 bits per heavy atom. The van der Waals surface area contributed by atoms with Crippen molar-refractivity contribution in [2.45, 2.75) is 89.8 Å². The summed E-state index contributed by atoms with van der Waals surface area (Å²) in [5, 5.41) is 3.31. The minimum atomic E-state index is 0.103. The van der Waals surface area contributed by atoms with E-state index in [2.05, 4.69) is 71.1 Å². The van der Waals surface area contributed by atoms with Crippen molar-refractivity contribution in [3.05, 3.63) is 74.2 Å². The second-order valence-corrected chi connectivity index (χ2v) is 13.6. The number of carbonyl (C=O) groups excluding carboxylic acids is 1. The fourth-order valence-corrected chi connectivity index (χ4v) is 8.29. The van der Waals surface area contributed by atoms with Crippen molar-refractivity contribution in [3.63, 3.8) is 0 Å². The van der Waals surface area contributed by atoms with Gasteiger partial charge in [0.05, 0.1) is 21.1 Å². The van der Waals surface area contributed by atoms with Crippen LogP contribution in [0.15, 0.2) is 64.5 Å². The Hall–Kier alpha value is -2.52. The Balaban J connectivity index is 1.27. The number of nitrogens with zero attached hydrogens (tertiary/aromatic N) is 2. The highest BCUT2D eigenvalue weighted by Gasteiger charge is 2.39. The van der Waals surface area contributed by atoms with Crippen LogP contribution in [-0.2, 0) is 11.4 Å². The first kappa shape index (κ1) is 29.5. The molecule has 2 saturated carbocycles. The van der Waals surface area contributed by atoms with Gasteiger partial charge in [-0.05, 0) is 107 Å². The van der Waals surface area contributed by atoms with E-state index in [0.717, 1.165) is 56.2 Å². The van der Waals surface area contributed by atoms with Crippen LogP contribution in [0.5, 0.6) is 11.5 Å². The van der Waals surface area contributed by atoms with Gasteiger partial charge < -0.3 is 9.47 Å². The van der Waals surface area contributed by atoms with Crippen LogP contribution < -0.4 is 9.47 Å². The number of fused-ring (bicyclic) bond motifs is 1. The highest BCUT2D eigenvalue weighted by atomic mass is 127. The number of ether oxygens (including phenoxy) is 2. The standard InChI is InChI=1S/C35H39IN2O3S/c1-2-40-31-21-24(20-30(36)33(31)41-23-26-14-11-13-25-12-9-10-19-29(25)26)22-32-34(39)38(28-17-7-4-8-18-28)35(42-32)37-27-15-5-3-6-16-27/h9-14,19-22,27-28H,2-8,15-18,23H2,1H3. The first-order valence-corrected chi connectivity index (χ1v) is 17.4. The summed E-state index contributed by atoms with van der Waals surface area (Å²) >= 11 is 3.88. The van der Waals surface area contributed by atoms with E-state index in [9.17, 15) is 4.79 Å². The van der Waals surface area contributed by atoms with Crippen molar-refractivity contribution in [2.24, 2.45) is 4.99 Å². The third kappa shape index (κ3) is 6.67. The lowest BCUT2D eigenvalue weighted by Crippen LogP contribution is -2.41. The van der Waals surface area contributed by atoms with Gasteiger partial charge in [0.2, 0.25) is 0 Å². The molecule has 0 radical (unpaired) electrons. The van der Waals surface area contributed by atoms with Crippen molar-refractivity contribution >= 4 is 62.3 Å². The molecule has 7 heteroatoms. The Morgan fingerprint density at radius 2 is 1.69 bits per heavy atom. The highest BCUT2D eigenvalue weighted by Crippen LogP contribution is 2.41. The smallest absolute Gasteiger partial charge is 0.266 e. The Kier molecular flexibility index (Phi) is 9.74. The number of hydrogen-bond acceptors (Lipinski definition) is 5. The number of benzene rings is 3. The lowest BCUT2D eigenvalue weighted by molar-refractivity contribution is -0.124. The molecule has 0 N–H and O–H groups in total. The third-order valence-electron chi connectivity index (χ3n) is 8.53. The lowest BCUT2D eigenvalue weighted by atomic mass is 9.94. The number of hydrogen-bond donors (Lipinski definition) is 0. The number of carbonyl (C=O) groups is 1. The second kappa shape index (κ2) is 13.8. The van der Waals surface area contributed by atoms with E-state index in [4.69, 9.17) is 14.5 Å².